The smallest absolute Gasteiger partial charge is 0.310 e. The lowest BCUT2D eigenvalue weighted by Crippen LogP contribution is -2.11. The highest BCUT2D eigenvalue weighted by Gasteiger charge is 2.61. The van der Waals surface area contributed by atoms with Gasteiger partial charge in [0.15, 0.2) is 0 Å². The highest BCUT2D eigenvalue weighted by Crippen LogP contribution is 2.60. The van der Waals surface area contributed by atoms with E-state index in [4.69, 9.17) is 4.74 Å². The summed E-state index contributed by atoms with van der Waals surface area (Å²) in [6, 6.07) is 7.99. The van der Waals surface area contributed by atoms with Gasteiger partial charge in [-0.3, -0.25) is 4.79 Å². The van der Waals surface area contributed by atoms with Crippen LogP contribution in [0.5, 0.6) is 0 Å². The predicted molar refractivity (Wildman–Crippen MR) is 113 cm³/mol. The van der Waals surface area contributed by atoms with E-state index < -0.39 is 18.3 Å². The van der Waals surface area contributed by atoms with Crippen LogP contribution in [0.4, 0.5) is 13.2 Å². The number of rotatable bonds is 6. The maximum Gasteiger partial charge on any atom is 0.310 e. The first-order chi connectivity index (χ1) is 13.7. The fourth-order valence-corrected chi connectivity index (χ4v) is 4.27. The van der Waals surface area contributed by atoms with Crippen molar-refractivity contribution in [2.24, 2.45) is 17.3 Å². The second-order valence-corrected chi connectivity index (χ2v) is 10.4. The number of hydrogen-bond donors (Lipinski definition) is 0. The Balaban J connectivity index is 1.80. The van der Waals surface area contributed by atoms with Crippen molar-refractivity contribution in [3.63, 3.8) is 0 Å². The maximum absolute atomic E-state index is 14.2. The molecule has 2 atom stereocenters. The van der Waals surface area contributed by atoms with Gasteiger partial charge in [0, 0.05) is 11.6 Å². The molecule has 3 rings (SSSR count). The Kier molecular flexibility index (Phi) is 6.58. The van der Waals surface area contributed by atoms with Gasteiger partial charge in [-0.2, -0.15) is 0 Å². The maximum atomic E-state index is 14.2. The van der Waals surface area contributed by atoms with Crippen molar-refractivity contribution in [1.82, 2.24) is 0 Å². The van der Waals surface area contributed by atoms with Crippen LogP contribution >= 0.6 is 31.9 Å². The average molecular weight is 532 g/mol. The van der Waals surface area contributed by atoms with Crippen molar-refractivity contribution in [3.8, 4) is 11.1 Å². The van der Waals surface area contributed by atoms with E-state index in [0.717, 1.165) is 15.5 Å². The van der Waals surface area contributed by atoms with Gasteiger partial charge in [0.05, 0.1) is 9.31 Å². The van der Waals surface area contributed by atoms with E-state index in [9.17, 15) is 18.0 Å². The van der Waals surface area contributed by atoms with Crippen LogP contribution in [0, 0.1) is 28.9 Å². The molecule has 0 spiro atoms. The van der Waals surface area contributed by atoms with Gasteiger partial charge in [-0.25, -0.2) is 13.2 Å². The van der Waals surface area contributed by atoms with Crippen LogP contribution in [0.2, 0.25) is 0 Å². The van der Waals surface area contributed by atoms with Gasteiger partial charge in [-0.05, 0) is 72.0 Å². The van der Waals surface area contributed by atoms with E-state index >= 15 is 0 Å². The first kappa shape index (κ1) is 22.1. The summed E-state index contributed by atoms with van der Waals surface area (Å²) in [6.45, 7) is 2.98. The van der Waals surface area contributed by atoms with Crippen LogP contribution in [0.15, 0.2) is 45.9 Å². The zero-order valence-electron chi connectivity index (χ0n) is 15.8. The molecule has 2 aromatic rings. The molecule has 0 radical (unpaired) electrons. The molecule has 0 amide bonds. The SMILES string of the molecule is CC1(C)C(C=C(Br)Br)C1C(=O)OCc1cccc(-c2ccc(F)cc2F)c1CF. The summed E-state index contributed by atoms with van der Waals surface area (Å²) >= 11 is 6.62. The topological polar surface area (TPSA) is 26.3 Å². The normalized spacial score (nSPS) is 19.6. The molecule has 0 saturated heterocycles. The van der Waals surface area contributed by atoms with Crippen LogP contribution < -0.4 is 0 Å². The molecule has 7 heteroatoms. The number of esters is 1. The molecule has 0 aliphatic heterocycles. The molecule has 2 aromatic carbocycles. The minimum Gasteiger partial charge on any atom is -0.461 e. The number of carbonyl (C=O) groups excluding carboxylic acids is 1. The largest absolute Gasteiger partial charge is 0.461 e. The minimum absolute atomic E-state index is 0.0315. The molecule has 1 saturated carbocycles. The van der Waals surface area contributed by atoms with Crippen LogP contribution in [0.1, 0.15) is 25.0 Å². The van der Waals surface area contributed by atoms with E-state index in [2.05, 4.69) is 31.9 Å². The van der Waals surface area contributed by atoms with Gasteiger partial charge in [-0.15, -0.1) is 0 Å². The van der Waals surface area contributed by atoms with E-state index in [0.29, 0.717) is 11.1 Å². The summed E-state index contributed by atoms with van der Waals surface area (Å²) in [5.41, 5.74) is 0.860. The first-order valence-corrected chi connectivity index (χ1v) is 10.6. The summed E-state index contributed by atoms with van der Waals surface area (Å²) in [7, 11) is 0. The van der Waals surface area contributed by atoms with Gasteiger partial charge >= 0.3 is 5.97 Å². The lowest BCUT2D eigenvalue weighted by molar-refractivity contribution is -0.147. The van der Waals surface area contributed by atoms with Crippen molar-refractivity contribution in [1.29, 1.82) is 0 Å². The highest BCUT2D eigenvalue weighted by atomic mass is 79.9. The van der Waals surface area contributed by atoms with Crippen molar-refractivity contribution < 1.29 is 22.7 Å². The monoisotopic (exact) mass is 530 g/mol. The lowest BCUT2D eigenvalue weighted by Gasteiger charge is -2.14. The lowest BCUT2D eigenvalue weighted by atomic mass is 9.96. The Morgan fingerprint density at radius 1 is 1.17 bits per heavy atom. The van der Waals surface area contributed by atoms with Gasteiger partial charge in [-0.1, -0.05) is 38.1 Å². The summed E-state index contributed by atoms with van der Waals surface area (Å²) in [5.74, 6) is -2.10. The number of ether oxygens (including phenoxy) is 1. The van der Waals surface area contributed by atoms with Gasteiger partial charge in [0.2, 0.25) is 0 Å². The number of benzene rings is 2. The molecule has 2 nitrogen and oxygen atoms in total. The number of allylic oxidation sites excluding steroid dienone is 1. The fraction of sp³-hybridized carbons (Fsp3) is 0.318. The summed E-state index contributed by atoms with van der Waals surface area (Å²) in [5, 5.41) is 0. The summed E-state index contributed by atoms with van der Waals surface area (Å²) in [6.07, 6.45) is 1.91. The second kappa shape index (κ2) is 8.64. The Morgan fingerprint density at radius 2 is 1.90 bits per heavy atom. The Bertz CT molecular complexity index is 969. The average Bonchev–Trinajstić information content (AvgIpc) is 3.18. The standard InChI is InChI=1S/C22H19Br2F3O2/c1-22(2)17(9-19(23)24)20(22)21(28)29-11-12-4-3-5-14(16(12)10-25)15-7-6-13(26)8-18(15)27/h3-9,17,20H,10-11H2,1-2H3. The third kappa shape index (κ3) is 4.61. The molecule has 0 N–H and O–H groups in total. The van der Waals surface area contributed by atoms with E-state index in [1.165, 1.54) is 6.07 Å². The van der Waals surface area contributed by atoms with Gasteiger partial charge in [0.25, 0.3) is 0 Å². The zero-order chi connectivity index (χ0) is 21.3. The van der Waals surface area contributed by atoms with Crippen LogP contribution in [0.3, 0.4) is 0 Å². The highest BCUT2D eigenvalue weighted by molar-refractivity contribution is 9.28. The molecule has 0 aromatic heterocycles. The number of halogens is 5. The molecular weight excluding hydrogens is 513 g/mol. The zero-order valence-corrected chi connectivity index (χ0v) is 19.0. The summed E-state index contributed by atoms with van der Waals surface area (Å²) in [4.78, 5) is 12.6. The molecule has 0 bridgehead atoms. The second-order valence-electron chi connectivity index (χ2n) is 7.59. The number of hydrogen-bond acceptors (Lipinski definition) is 2. The number of carbonyl (C=O) groups is 1. The van der Waals surface area contributed by atoms with E-state index in [-0.39, 0.29) is 41.0 Å². The van der Waals surface area contributed by atoms with Crippen molar-refractivity contribution >= 4 is 37.8 Å². The molecule has 1 fully saturated rings. The van der Waals surface area contributed by atoms with Crippen LogP contribution in [0.25, 0.3) is 11.1 Å². The molecule has 1 aliphatic carbocycles. The first-order valence-electron chi connectivity index (χ1n) is 8.98. The van der Waals surface area contributed by atoms with Crippen LogP contribution in [-0.4, -0.2) is 5.97 Å². The molecule has 154 valence electrons. The Hall–Kier alpha value is -1.60. The number of alkyl halides is 1. The van der Waals surface area contributed by atoms with Gasteiger partial charge in [0.1, 0.15) is 24.9 Å². The predicted octanol–water partition coefficient (Wildman–Crippen LogP) is 7.05. The van der Waals surface area contributed by atoms with Crippen molar-refractivity contribution in [2.75, 3.05) is 0 Å². The molecule has 0 heterocycles. The molecule has 29 heavy (non-hydrogen) atoms. The molecule has 2 unspecified atom stereocenters. The van der Waals surface area contributed by atoms with Crippen LogP contribution in [-0.2, 0) is 22.8 Å². The van der Waals surface area contributed by atoms with Crippen molar-refractivity contribution in [3.05, 3.63) is 68.6 Å². The van der Waals surface area contributed by atoms with E-state index in [1.807, 2.05) is 19.9 Å². The Morgan fingerprint density at radius 3 is 2.52 bits per heavy atom. The minimum atomic E-state index is -0.864. The third-order valence-electron chi connectivity index (χ3n) is 5.47. The van der Waals surface area contributed by atoms with Gasteiger partial charge < -0.3 is 4.74 Å². The Labute approximate surface area is 184 Å². The van der Waals surface area contributed by atoms with Crippen molar-refractivity contribution in [2.45, 2.75) is 27.1 Å². The third-order valence-corrected chi connectivity index (χ3v) is 6.00. The summed E-state index contributed by atoms with van der Waals surface area (Å²) < 4.78 is 47.4. The molecule has 1 aliphatic rings. The molecular formula is C22H19Br2F3O2. The fourth-order valence-electron chi connectivity index (χ4n) is 3.70. The quantitative estimate of drug-likeness (QED) is 0.373. The van der Waals surface area contributed by atoms with E-state index in [1.54, 1.807) is 18.2 Å².